The van der Waals surface area contributed by atoms with Gasteiger partial charge in [0.25, 0.3) is 0 Å². The third-order valence-corrected chi connectivity index (χ3v) is 6.08. The van der Waals surface area contributed by atoms with Crippen LogP contribution in [0.3, 0.4) is 0 Å². The Hall–Kier alpha value is -3.66. The number of aromatic amines is 1. The third kappa shape index (κ3) is 4.54. The summed E-state index contributed by atoms with van der Waals surface area (Å²) in [6, 6.07) is 10.7. The maximum absolute atomic E-state index is 12.8. The SMILES string of the molecule is C[C@@H]1CN(Cc2cn[nH]c2-c2ccc(-c3cnco3)cc2)CCN1c1ccc(C(F)(F)F)cn1. The Bertz CT molecular complexity index is 1220. The molecule has 0 bridgehead atoms. The molecule has 3 aromatic heterocycles. The van der Waals surface area contributed by atoms with Crippen molar-refractivity contribution >= 4 is 5.82 Å². The number of piperazine rings is 1. The lowest BCUT2D eigenvalue weighted by Crippen LogP contribution is -2.51. The average Bonchev–Trinajstić information content (AvgIpc) is 3.51. The van der Waals surface area contributed by atoms with Crippen molar-refractivity contribution in [2.75, 3.05) is 24.5 Å². The number of H-pyrrole nitrogens is 1. The van der Waals surface area contributed by atoms with E-state index < -0.39 is 11.7 Å². The zero-order valence-corrected chi connectivity index (χ0v) is 18.5. The standard InChI is InChI=1S/C24H23F3N6O/c1-16-13-32(8-9-33(16)22-7-6-20(11-29-22)24(25,26)27)14-19-10-30-31-23(19)18-4-2-17(3-5-18)21-12-28-15-34-21/h2-7,10-12,15-16H,8-9,13-14H2,1H3,(H,30,31)/t16-/m1/s1. The van der Waals surface area contributed by atoms with E-state index in [-0.39, 0.29) is 6.04 Å². The molecule has 5 rings (SSSR count). The second-order valence-electron chi connectivity index (χ2n) is 8.39. The highest BCUT2D eigenvalue weighted by atomic mass is 19.4. The van der Waals surface area contributed by atoms with Crippen molar-refractivity contribution in [3.05, 3.63) is 72.5 Å². The molecule has 1 aliphatic rings. The van der Waals surface area contributed by atoms with Crippen molar-refractivity contribution in [1.82, 2.24) is 25.1 Å². The number of hydrogen-bond donors (Lipinski definition) is 1. The van der Waals surface area contributed by atoms with Crippen LogP contribution in [0.4, 0.5) is 19.0 Å². The van der Waals surface area contributed by atoms with Crippen LogP contribution < -0.4 is 4.90 Å². The van der Waals surface area contributed by atoms with Gasteiger partial charge in [0, 0.05) is 49.5 Å². The molecule has 0 spiro atoms. The summed E-state index contributed by atoms with van der Waals surface area (Å²) in [5.41, 5.74) is 3.29. The van der Waals surface area contributed by atoms with Crippen LogP contribution in [-0.4, -0.2) is 50.7 Å². The van der Waals surface area contributed by atoms with Gasteiger partial charge in [-0.1, -0.05) is 24.3 Å². The van der Waals surface area contributed by atoms with E-state index in [2.05, 4.69) is 36.9 Å². The molecule has 1 saturated heterocycles. The van der Waals surface area contributed by atoms with Crippen LogP contribution in [-0.2, 0) is 12.7 Å². The first-order valence-corrected chi connectivity index (χ1v) is 10.9. The molecule has 4 heterocycles. The van der Waals surface area contributed by atoms with Crippen molar-refractivity contribution in [2.45, 2.75) is 25.7 Å². The van der Waals surface area contributed by atoms with E-state index in [0.29, 0.717) is 24.7 Å². The fourth-order valence-corrected chi connectivity index (χ4v) is 4.32. The minimum atomic E-state index is -4.38. The second kappa shape index (κ2) is 8.94. The fourth-order valence-electron chi connectivity index (χ4n) is 4.32. The summed E-state index contributed by atoms with van der Waals surface area (Å²) in [4.78, 5) is 12.4. The first-order chi connectivity index (χ1) is 16.4. The Labute approximate surface area is 194 Å². The van der Waals surface area contributed by atoms with E-state index in [1.165, 1.54) is 12.5 Å². The Balaban J connectivity index is 1.24. The summed E-state index contributed by atoms with van der Waals surface area (Å²) < 4.78 is 43.9. The molecule has 10 heteroatoms. The van der Waals surface area contributed by atoms with E-state index >= 15 is 0 Å². The molecular weight excluding hydrogens is 445 g/mol. The monoisotopic (exact) mass is 468 g/mol. The summed E-state index contributed by atoms with van der Waals surface area (Å²) in [6.45, 7) is 4.98. The van der Waals surface area contributed by atoms with Gasteiger partial charge >= 0.3 is 6.18 Å². The number of nitrogens with zero attached hydrogens (tertiary/aromatic N) is 5. The highest BCUT2D eigenvalue weighted by molar-refractivity contribution is 5.67. The number of oxazole rings is 1. The average molecular weight is 468 g/mol. The molecule has 1 aliphatic heterocycles. The Kier molecular flexibility index (Phi) is 5.82. The van der Waals surface area contributed by atoms with Gasteiger partial charge in [-0.15, -0.1) is 0 Å². The Morgan fingerprint density at radius 3 is 2.47 bits per heavy atom. The van der Waals surface area contributed by atoms with Gasteiger partial charge < -0.3 is 9.32 Å². The number of alkyl halides is 3. The first kappa shape index (κ1) is 22.1. The van der Waals surface area contributed by atoms with Gasteiger partial charge in [0.2, 0.25) is 0 Å². The number of benzene rings is 1. The molecule has 4 aromatic rings. The number of hydrogen-bond acceptors (Lipinski definition) is 6. The van der Waals surface area contributed by atoms with Gasteiger partial charge in [-0.25, -0.2) is 9.97 Å². The van der Waals surface area contributed by atoms with Crippen molar-refractivity contribution in [2.24, 2.45) is 0 Å². The molecule has 0 saturated carbocycles. The molecule has 0 aliphatic carbocycles. The van der Waals surface area contributed by atoms with Gasteiger partial charge in [-0.05, 0) is 24.6 Å². The lowest BCUT2D eigenvalue weighted by atomic mass is 10.0. The smallest absolute Gasteiger partial charge is 0.417 e. The third-order valence-electron chi connectivity index (χ3n) is 6.08. The Morgan fingerprint density at radius 2 is 1.82 bits per heavy atom. The lowest BCUT2D eigenvalue weighted by Gasteiger charge is -2.40. The number of rotatable bonds is 5. The van der Waals surface area contributed by atoms with E-state index in [1.54, 1.807) is 6.20 Å². The minimum absolute atomic E-state index is 0.106. The number of halogens is 3. The largest absolute Gasteiger partial charge is 0.444 e. The highest BCUT2D eigenvalue weighted by Gasteiger charge is 2.32. The van der Waals surface area contributed by atoms with E-state index in [0.717, 1.165) is 47.7 Å². The second-order valence-corrected chi connectivity index (χ2v) is 8.39. The summed E-state index contributed by atoms with van der Waals surface area (Å²) in [6.07, 6.45) is 1.45. The molecule has 0 amide bonds. The van der Waals surface area contributed by atoms with Gasteiger partial charge in [0.15, 0.2) is 12.2 Å². The van der Waals surface area contributed by atoms with Gasteiger partial charge in [-0.3, -0.25) is 10.00 Å². The molecule has 176 valence electrons. The number of aromatic nitrogens is 4. The fraction of sp³-hybridized carbons (Fsp3) is 0.292. The quantitative estimate of drug-likeness (QED) is 0.451. The maximum atomic E-state index is 12.8. The molecule has 34 heavy (non-hydrogen) atoms. The van der Waals surface area contributed by atoms with Crippen LogP contribution in [0.1, 0.15) is 18.1 Å². The molecule has 0 radical (unpaired) electrons. The summed E-state index contributed by atoms with van der Waals surface area (Å²) in [7, 11) is 0. The normalized spacial score (nSPS) is 17.3. The highest BCUT2D eigenvalue weighted by Crippen LogP contribution is 2.30. The van der Waals surface area contributed by atoms with Crippen molar-refractivity contribution < 1.29 is 17.6 Å². The maximum Gasteiger partial charge on any atom is 0.417 e. The molecular formula is C24H23F3N6O. The number of nitrogens with one attached hydrogen (secondary N) is 1. The molecule has 1 fully saturated rings. The van der Waals surface area contributed by atoms with Crippen LogP contribution in [0.15, 0.2) is 65.8 Å². The lowest BCUT2D eigenvalue weighted by molar-refractivity contribution is -0.137. The molecule has 0 unspecified atom stereocenters. The van der Waals surface area contributed by atoms with Gasteiger partial charge in [-0.2, -0.15) is 18.3 Å². The predicted octanol–water partition coefficient (Wildman–Crippen LogP) is 4.86. The summed E-state index contributed by atoms with van der Waals surface area (Å²) >= 11 is 0. The predicted molar refractivity (Wildman–Crippen MR) is 121 cm³/mol. The first-order valence-electron chi connectivity index (χ1n) is 10.9. The van der Waals surface area contributed by atoms with Crippen LogP contribution in [0.2, 0.25) is 0 Å². The number of pyridine rings is 1. The van der Waals surface area contributed by atoms with Crippen LogP contribution in [0, 0.1) is 0 Å². The zero-order chi connectivity index (χ0) is 23.7. The van der Waals surface area contributed by atoms with Crippen LogP contribution in [0.25, 0.3) is 22.6 Å². The van der Waals surface area contributed by atoms with Gasteiger partial charge in [0.1, 0.15) is 5.82 Å². The van der Waals surface area contributed by atoms with Crippen LogP contribution in [0.5, 0.6) is 0 Å². The topological polar surface area (TPSA) is 74.1 Å². The molecule has 1 atom stereocenters. The van der Waals surface area contributed by atoms with E-state index in [1.807, 2.05) is 30.5 Å². The van der Waals surface area contributed by atoms with Crippen molar-refractivity contribution in [1.29, 1.82) is 0 Å². The molecule has 1 aromatic carbocycles. The van der Waals surface area contributed by atoms with Crippen LogP contribution >= 0.6 is 0 Å². The Morgan fingerprint density at radius 1 is 1.03 bits per heavy atom. The van der Waals surface area contributed by atoms with E-state index in [9.17, 15) is 13.2 Å². The zero-order valence-electron chi connectivity index (χ0n) is 18.5. The van der Waals surface area contributed by atoms with Gasteiger partial charge in [0.05, 0.1) is 23.7 Å². The molecule has 1 N–H and O–H groups in total. The van der Waals surface area contributed by atoms with Crippen molar-refractivity contribution in [3.63, 3.8) is 0 Å². The van der Waals surface area contributed by atoms with E-state index in [4.69, 9.17) is 4.42 Å². The molecule has 7 nitrogen and oxygen atoms in total. The summed E-state index contributed by atoms with van der Waals surface area (Å²) in [5.74, 6) is 1.28. The van der Waals surface area contributed by atoms with Crippen molar-refractivity contribution in [3.8, 4) is 22.6 Å². The summed E-state index contributed by atoms with van der Waals surface area (Å²) in [5, 5.41) is 7.36. The number of anilines is 1. The minimum Gasteiger partial charge on any atom is -0.444 e.